The van der Waals surface area contributed by atoms with Gasteiger partial charge in [0.25, 0.3) is 0 Å². The van der Waals surface area contributed by atoms with Crippen LogP contribution in [0.2, 0.25) is 0 Å². The van der Waals surface area contributed by atoms with Gasteiger partial charge in [-0.1, -0.05) is 35.6 Å². The van der Waals surface area contributed by atoms with Crippen LogP contribution in [0.4, 0.5) is 0 Å². The summed E-state index contributed by atoms with van der Waals surface area (Å²) in [5.41, 5.74) is 1.13. The standard InChI is InChI=1S/C14H21N3/c1-12(2)17(13(3)4)16-15-11-10-14-8-6-5-7-9-14/h5-13H,1-4H3/b11-10+,16-15?. The molecule has 0 saturated heterocycles. The zero-order valence-electron chi connectivity index (χ0n) is 11.0. The van der Waals surface area contributed by atoms with Crippen LogP contribution in [0.15, 0.2) is 46.9 Å². The van der Waals surface area contributed by atoms with Crippen molar-refractivity contribution in [3.63, 3.8) is 0 Å². The summed E-state index contributed by atoms with van der Waals surface area (Å²) in [4.78, 5) is 0. The highest BCUT2D eigenvalue weighted by Crippen LogP contribution is 2.06. The van der Waals surface area contributed by atoms with Crippen molar-refractivity contribution in [1.82, 2.24) is 5.01 Å². The minimum atomic E-state index is 0.365. The van der Waals surface area contributed by atoms with Crippen molar-refractivity contribution in [3.05, 3.63) is 42.1 Å². The van der Waals surface area contributed by atoms with E-state index in [4.69, 9.17) is 0 Å². The van der Waals surface area contributed by atoms with Crippen molar-refractivity contribution in [2.75, 3.05) is 0 Å². The Morgan fingerprint density at radius 2 is 1.59 bits per heavy atom. The van der Waals surface area contributed by atoms with Gasteiger partial charge in [0.1, 0.15) is 0 Å². The number of rotatable bonds is 5. The summed E-state index contributed by atoms with van der Waals surface area (Å²) in [5.74, 6) is 0. The van der Waals surface area contributed by atoms with E-state index in [0.717, 1.165) is 5.56 Å². The fourth-order valence-corrected chi connectivity index (χ4v) is 1.58. The molecule has 1 aromatic rings. The van der Waals surface area contributed by atoms with Crippen LogP contribution >= 0.6 is 0 Å². The zero-order valence-corrected chi connectivity index (χ0v) is 11.0. The van der Waals surface area contributed by atoms with Crippen LogP contribution in [0.5, 0.6) is 0 Å². The molecule has 0 heterocycles. The normalized spacial score (nSPS) is 12.1. The van der Waals surface area contributed by atoms with E-state index >= 15 is 0 Å². The van der Waals surface area contributed by atoms with Crippen molar-refractivity contribution in [3.8, 4) is 0 Å². The molecule has 0 radical (unpaired) electrons. The summed E-state index contributed by atoms with van der Waals surface area (Å²) in [6, 6.07) is 10.8. The van der Waals surface area contributed by atoms with Crippen LogP contribution in [0, 0.1) is 0 Å². The summed E-state index contributed by atoms with van der Waals surface area (Å²) < 4.78 is 0. The second kappa shape index (κ2) is 6.84. The van der Waals surface area contributed by atoms with Gasteiger partial charge in [-0.25, -0.2) is 0 Å². The van der Waals surface area contributed by atoms with Crippen LogP contribution in [-0.2, 0) is 0 Å². The second-order valence-electron chi connectivity index (χ2n) is 4.50. The first kappa shape index (κ1) is 13.4. The Balaban J connectivity index is 2.57. The molecule has 0 atom stereocenters. The summed E-state index contributed by atoms with van der Waals surface area (Å²) >= 11 is 0. The molecule has 0 bridgehead atoms. The number of hydrogen-bond donors (Lipinski definition) is 0. The zero-order chi connectivity index (χ0) is 12.7. The lowest BCUT2D eigenvalue weighted by atomic mass is 10.2. The van der Waals surface area contributed by atoms with Gasteiger partial charge in [0.2, 0.25) is 0 Å². The van der Waals surface area contributed by atoms with Crippen molar-refractivity contribution in [1.29, 1.82) is 0 Å². The molecule has 0 aliphatic carbocycles. The maximum Gasteiger partial charge on any atom is 0.0518 e. The van der Waals surface area contributed by atoms with E-state index in [1.54, 1.807) is 6.20 Å². The number of hydrogen-bond acceptors (Lipinski definition) is 2. The second-order valence-corrected chi connectivity index (χ2v) is 4.50. The molecule has 0 saturated carbocycles. The lowest BCUT2D eigenvalue weighted by molar-refractivity contribution is 0.169. The van der Waals surface area contributed by atoms with Crippen molar-refractivity contribution >= 4 is 6.08 Å². The van der Waals surface area contributed by atoms with E-state index in [-0.39, 0.29) is 0 Å². The molecule has 0 unspecified atom stereocenters. The Hall–Kier alpha value is -1.64. The largest absolute Gasteiger partial charge is 0.274 e. The maximum absolute atomic E-state index is 4.21. The van der Waals surface area contributed by atoms with E-state index in [9.17, 15) is 0 Å². The average Bonchev–Trinajstić information content (AvgIpc) is 2.29. The molecular formula is C14H21N3. The Morgan fingerprint density at radius 3 is 2.12 bits per heavy atom. The van der Waals surface area contributed by atoms with Gasteiger partial charge in [-0.05, 0) is 39.3 Å². The van der Waals surface area contributed by atoms with Crippen LogP contribution in [0.25, 0.3) is 6.08 Å². The maximum atomic E-state index is 4.21. The summed E-state index contributed by atoms with van der Waals surface area (Å²) in [5, 5.41) is 10.3. The minimum Gasteiger partial charge on any atom is -0.274 e. The molecule has 0 N–H and O–H groups in total. The number of benzene rings is 1. The van der Waals surface area contributed by atoms with Gasteiger partial charge in [-0.3, -0.25) is 5.01 Å². The quantitative estimate of drug-likeness (QED) is 0.553. The van der Waals surface area contributed by atoms with Gasteiger partial charge in [0, 0.05) is 12.1 Å². The molecule has 17 heavy (non-hydrogen) atoms. The first-order valence-electron chi connectivity index (χ1n) is 6.02. The predicted octanol–water partition coefficient (Wildman–Crippen LogP) is 4.14. The lowest BCUT2D eigenvalue weighted by Gasteiger charge is -2.25. The van der Waals surface area contributed by atoms with E-state index < -0.39 is 0 Å². The molecule has 0 amide bonds. The molecule has 3 nitrogen and oxygen atoms in total. The topological polar surface area (TPSA) is 28.0 Å². The molecule has 0 fully saturated rings. The Kier molecular flexibility index (Phi) is 5.40. The van der Waals surface area contributed by atoms with Crippen LogP contribution in [0.3, 0.4) is 0 Å². The molecule has 0 spiro atoms. The van der Waals surface area contributed by atoms with Crippen LogP contribution in [0.1, 0.15) is 33.3 Å². The fourth-order valence-electron chi connectivity index (χ4n) is 1.58. The van der Waals surface area contributed by atoms with Gasteiger partial charge < -0.3 is 0 Å². The smallest absolute Gasteiger partial charge is 0.0518 e. The van der Waals surface area contributed by atoms with E-state index in [1.807, 2.05) is 41.4 Å². The molecule has 0 aliphatic heterocycles. The van der Waals surface area contributed by atoms with E-state index in [1.165, 1.54) is 0 Å². The highest BCUT2D eigenvalue weighted by molar-refractivity contribution is 5.48. The molecule has 1 aromatic carbocycles. The molecule has 0 aromatic heterocycles. The predicted molar refractivity (Wildman–Crippen MR) is 72.4 cm³/mol. The molecule has 1 rings (SSSR count). The first-order valence-corrected chi connectivity index (χ1v) is 6.02. The molecule has 92 valence electrons. The molecule has 0 aliphatic rings. The Morgan fingerprint density at radius 1 is 1.00 bits per heavy atom. The highest BCUT2D eigenvalue weighted by atomic mass is 15.6. The minimum absolute atomic E-state index is 0.365. The average molecular weight is 231 g/mol. The Labute approximate surface area is 104 Å². The van der Waals surface area contributed by atoms with Gasteiger partial charge in [-0.2, -0.15) is 0 Å². The van der Waals surface area contributed by atoms with Crippen molar-refractivity contribution < 1.29 is 0 Å². The first-order chi connectivity index (χ1) is 8.11. The van der Waals surface area contributed by atoms with Gasteiger partial charge in [0.05, 0.1) is 6.20 Å². The Bertz CT molecular complexity index is 358. The third-order valence-corrected chi connectivity index (χ3v) is 2.35. The van der Waals surface area contributed by atoms with Crippen molar-refractivity contribution in [2.24, 2.45) is 10.3 Å². The monoisotopic (exact) mass is 231 g/mol. The third-order valence-electron chi connectivity index (χ3n) is 2.35. The van der Waals surface area contributed by atoms with E-state index in [0.29, 0.717) is 12.1 Å². The van der Waals surface area contributed by atoms with Gasteiger partial charge >= 0.3 is 0 Å². The van der Waals surface area contributed by atoms with Crippen LogP contribution in [-0.4, -0.2) is 17.1 Å². The summed E-state index contributed by atoms with van der Waals surface area (Å²) in [7, 11) is 0. The van der Waals surface area contributed by atoms with E-state index in [2.05, 4.69) is 38.0 Å². The summed E-state index contributed by atoms with van der Waals surface area (Å²) in [6.45, 7) is 8.44. The fraction of sp³-hybridized carbons (Fsp3) is 0.429. The highest BCUT2D eigenvalue weighted by Gasteiger charge is 2.09. The van der Waals surface area contributed by atoms with Gasteiger partial charge in [-0.15, -0.1) is 5.11 Å². The third kappa shape index (κ3) is 4.81. The molecule has 3 heteroatoms. The molecular weight excluding hydrogens is 210 g/mol. The SMILES string of the molecule is CC(C)N(N=N/C=C/c1ccccc1)C(C)C. The lowest BCUT2D eigenvalue weighted by Crippen LogP contribution is -2.31. The summed E-state index contributed by atoms with van der Waals surface area (Å²) in [6.07, 6.45) is 3.68. The number of nitrogens with zero attached hydrogens (tertiary/aromatic N) is 3. The van der Waals surface area contributed by atoms with Crippen molar-refractivity contribution in [2.45, 2.75) is 39.8 Å². The van der Waals surface area contributed by atoms with Gasteiger partial charge in [0.15, 0.2) is 0 Å². The van der Waals surface area contributed by atoms with Crippen LogP contribution < -0.4 is 0 Å².